The number of hydrogen-bond acceptors (Lipinski definition) is 4. The number of aryl methyl sites for hydroxylation is 2. The Balaban J connectivity index is 1.85. The van der Waals surface area contributed by atoms with Crippen molar-refractivity contribution < 1.29 is 9.47 Å². The third-order valence-corrected chi connectivity index (χ3v) is 3.60. The molecule has 0 aliphatic carbocycles. The molecule has 108 valence electrons. The third kappa shape index (κ3) is 2.03. The van der Waals surface area contributed by atoms with Crippen LogP contribution in [-0.2, 0) is 7.05 Å². The van der Waals surface area contributed by atoms with Crippen LogP contribution in [0.4, 0.5) is 0 Å². The van der Waals surface area contributed by atoms with Gasteiger partial charge in [-0.3, -0.25) is 4.68 Å². The van der Waals surface area contributed by atoms with Crippen molar-refractivity contribution in [1.29, 1.82) is 0 Å². The molecule has 0 fully saturated rings. The van der Waals surface area contributed by atoms with E-state index in [4.69, 9.17) is 9.47 Å². The highest BCUT2D eigenvalue weighted by Crippen LogP contribution is 2.34. The number of fused-ring (bicyclic) bond motifs is 2. The number of ether oxygens (including phenoxy) is 2. The Labute approximate surface area is 121 Å². The van der Waals surface area contributed by atoms with Gasteiger partial charge in [-0.15, -0.1) is 0 Å². The van der Waals surface area contributed by atoms with E-state index < -0.39 is 0 Å². The van der Waals surface area contributed by atoms with E-state index in [0.29, 0.717) is 13.2 Å². The maximum absolute atomic E-state index is 5.71. The second kappa shape index (κ2) is 4.51. The molecule has 3 aromatic rings. The van der Waals surface area contributed by atoms with Crippen molar-refractivity contribution in [2.45, 2.75) is 13.3 Å². The summed E-state index contributed by atoms with van der Waals surface area (Å²) >= 11 is 0. The Bertz CT molecular complexity index is 776. The van der Waals surface area contributed by atoms with Gasteiger partial charge in [-0.2, -0.15) is 5.10 Å². The lowest BCUT2D eigenvalue weighted by Gasteiger charge is -2.05. The molecule has 0 amide bonds. The summed E-state index contributed by atoms with van der Waals surface area (Å²) in [7, 11) is 1.91. The van der Waals surface area contributed by atoms with Crippen molar-refractivity contribution in [3.63, 3.8) is 0 Å². The second-order valence-electron chi connectivity index (χ2n) is 5.25. The van der Waals surface area contributed by atoms with Crippen molar-refractivity contribution in [2.24, 2.45) is 7.05 Å². The average molecular weight is 284 g/mol. The Hall–Kier alpha value is -2.50. The average Bonchev–Trinajstić information content (AvgIpc) is 2.91. The molecular formula is C15H16N4O2. The lowest BCUT2D eigenvalue weighted by Crippen LogP contribution is -1.97. The maximum atomic E-state index is 5.71. The van der Waals surface area contributed by atoms with Crippen LogP contribution in [-0.4, -0.2) is 33.0 Å². The van der Waals surface area contributed by atoms with Crippen molar-refractivity contribution in [1.82, 2.24) is 19.7 Å². The minimum absolute atomic E-state index is 0.677. The number of nitrogens with zero attached hydrogens (tertiary/aromatic N) is 3. The van der Waals surface area contributed by atoms with Crippen molar-refractivity contribution in [2.75, 3.05) is 13.2 Å². The Morgan fingerprint density at radius 1 is 1.14 bits per heavy atom. The zero-order valence-corrected chi connectivity index (χ0v) is 12.0. The highest BCUT2D eigenvalue weighted by atomic mass is 16.5. The first-order chi connectivity index (χ1) is 10.2. The van der Waals surface area contributed by atoms with Gasteiger partial charge in [0.15, 0.2) is 17.3 Å². The largest absolute Gasteiger partial charge is 0.489 e. The van der Waals surface area contributed by atoms with E-state index in [0.717, 1.165) is 46.2 Å². The molecule has 0 unspecified atom stereocenters. The highest BCUT2D eigenvalue weighted by molar-refractivity contribution is 5.82. The van der Waals surface area contributed by atoms with Gasteiger partial charge in [0, 0.05) is 25.6 Å². The molecule has 1 aliphatic rings. The van der Waals surface area contributed by atoms with E-state index in [1.165, 1.54) is 0 Å². The predicted molar refractivity (Wildman–Crippen MR) is 78.6 cm³/mol. The summed E-state index contributed by atoms with van der Waals surface area (Å²) in [4.78, 5) is 7.97. The molecule has 0 atom stereocenters. The summed E-state index contributed by atoms with van der Waals surface area (Å²) in [6.45, 7) is 3.33. The summed E-state index contributed by atoms with van der Waals surface area (Å²) in [6.07, 6.45) is 0.898. The molecule has 0 radical (unpaired) electrons. The van der Waals surface area contributed by atoms with Crippen LogP contribution in [0, 0.1) is 6.92 Å². The minimum Gasteiger partial charge on any atom is -0.489 e. The maximum Gasteiger partial charge on any atom is 0.163 e. The number of benzene rings is 1. The van der Waals surface area contributed by atoms with Crippen LogP contribution >= 0.6 is 0 Å². The standard InChI is InChI=1S/C15H16N4O2/c1-9-6-12(19(2)18-9)15-16-10-7-13-14(8-11(10)17-15)21-5-3-4-20-13/h6-8H,3-5H2,1-2H3,(H,16,17). The summed E-state index contributed by atoms with van der Waals surface area (Å²) in [6, 6.07) is 5.89. The van der Waals surface area contributed by atoms with Crippen LogP contribution in [0.1, 0.15) is 12.1 Å². The first kappa shape index (κ1) is 12.3. The topological polar surface area (TPSA) is 65.0 Å². The molecule has 6 heteroatoms. The van der Waals surface area contributed by atoms with E-state index in [2.05, 4.69) is 15.1 Å². The highest BCUT2D eigenvalue weighted by Gasteiger charge is 2.15. The van der Waals surface area contributed by atoms with Crippen LogP contribution in [0.5, 0.6) is 11.5 Å². The number of aromatic amines is 1. The number of H-pyrrole nitrogens is 1. The van der Waals surface area contributed by atoms with Gasteiger partial charge in [-0.05, 0) is 13.0 Å². The lowest BCUT2D eigenvalue weighted by molar-refractivity contribution is 0.297. The number of imidazole rings is 1. The smallest absolute Gasteiger partial charge is 0.163 e. The zero-order chi connectivity index (χ0) is 14.4. The van der Waals surface area contributed by atoms with Crippen LogP contribution in [0.15, 0.2) is 18.2 Å². The zero-order valence-electron chi connectivity index (χ0n) is 12.0. The molecule has 0 saturated carbocycles. The van der Waals surface area contributed by atoms with Crippen LogP contribution in [0.25, 0.3) is 22.6 Å². The van der Waals surface area contributed by atoms with Gasteiger partial charge < -0.3 is 14.5 Å². The van der Waals surface area contributed by atoms with Gasteiger partial charge in [-0.25, -0.2) is 4.98 Å². The van der Waals surface area contributed by atoms with E-state index in [1.807, 2.05) is 36.9 Å². The fourth-order valence-electron chi connectivity index (χ4n) is 2.62. The van der Waals surface area contributed by atoms with Crippen LogP contribution in [0.2, 0.25) is 0 Å². The summed E-state index contributed by atoms with van der Waals surface area (Å²) in [5.41, 5.74) is 3.73. The van der Waals surface area contributed by atoms with E-state index in [1.54, 1.807) is 0 Å². The van der Waals surface area contributed by atoms with Gasteiger partial charge in [-0.1, -0.05) is 0 Å². The summed E-state index contributed by atoms with van der Waals surface area (Å²) in [5.74, 6) is 2.34. The number of aromatic nitrogens is 4. The second-order valence-corrected chi connectivity index (χ2v) is 5.25. The van der Waals surface area contributed by atoms with Gasteiger partial charge in [0.25, 0.3) is 0 Å². The molecule has 6 nitrogen and oxygen atoms in total. The van der Waals surface area contributed by atoms with E-state index in [-0.39, 0.29) is 0 Å². The molecule has 21 heavy (non-hydrogen) atoms. The van der Waals surface area contributed by atoms with Crippen molar-refractivity contribution in [3.8, 4) is 23.0 Å². The normalized spacial score (nSPS) is 14.4. The van der Waals surface area contributed by atoms with Gasteiger partial charge in [0.2, 0.25) is 0 Å². The molecule has 2 aromatic heterocycles. The Morgan fingerprint density at radius 2 is 1.90 bits per heavy atom. The lowest BCUT2D eigenvalue weighted by atomic mass is 10.3. The predicted octanol–water partition coefficient (Wildman–Crippen LogP) is 2.43. The van der Waals surface area contributed by atoms with Gasteiger partial charge in [0.1, 0.15) is 5.69 Å². The Morgan fingerprint density at radius 3 is 2.62 bits per heavy atom. The van der Waals surface area contributed by atoms with E-state index >= 15 is 0 Å². The van der Waals surface area contributed by atoms with Crippen molar-refractivity contribution in [3.05, 3.63) is 23.9 Å². The summed E-state index contributed by atoms with van der Waals surface area (Å²) in [5, 5.41) is 4.35. The van der Waals surface area contributed by atoms with Crippen molar-refractivity contribution >= 4 is 11.0 Å². The molecule has 1 aromatic carbocycles. The minimum atomic E-state index is 0.677. The number of hydrogen-bond donors (Lipinski definition) is 1. The van der Waals surface area contributed by atoms with E-state index in [9.17, 15) is 0 Å². The molecule has 1 aliphatic heterocycles. The molecular weight excluding hydrogens is 268 g/mol. The molecule has 0 spiro atoms. The third-order valence-electron chi connectivity index (χ3n) is 3.60. The molecule has 3 heterocycles. The number of nitrogens with one attached hydrogen (secondary N) is 1. The monoisotopic (exact) mass is 284 g/mol. The molecule has 0 saturated heterocycles. The first-order valence-electron chi connectivity index (χ1n) is 7.01. The Kier molecular flexibility index (Phi) is 2.63. The SMILES string of the molecule is Cc1cc(-c2nc3cc4c(cc3[nH]2)OCCCO4)n(C)n1. The quantitative estimate of drug-likeness (QED) is 0.745. The number of rotatable bonds is 1. The van der Waals surface area contributed by atoms with Crippen LogP contribution < -0.4 is 9.47 Å². The van der Waals surface area contributed by atoms with Gasteiger partial charge in [0.05, 0.1) is 29.9 Å². The fraction of sp³-hybridized carbons (Fsp3) is 0.333. The van der Waals surface area contributed by atoms with Gasteiger partial charge >= 0.3 is 0 Å². The summed E-state index contributed by atoms with van der Waals surface area (Å²) < 4.78 is 13.2. The van der Waals surface area contributed by atoms with Crippen LogP contribution in [0.3, 0.4) is 0 Å². The molecule has 0 bridgehead atoms. The molecule has 1 N–H and O–H groups in total. The fourth-order valence-corrected chi connectivity index (χ4v) is 2.62. The molecule has 4 rings (SSSR count). The first-order valence-corrected chi connectivity index (χ1v) is 7.01.